The number of amides is 2. The van der Waals surface area contributed by atoms with Gasteiger partial charge in [-0.1, -0.05) is 38.5 Å². The van der Waals surface area contributed by atoms with Crippen LogP contribution in [0, 0.1) is 11.8 Å². The Morgan fingerprint density at radius 3 is 2.64 bits per heavy atom. The van der Waals surface area contributed by atoms with E-state index >= 15 is 0 Å². The summed E-state index contributed by atoms with van der Waals surface area (Å²) in [6, 6.07) is 7.27. The molecule has 2 unspecified atom stereocenters. The molecule has 33 heavy (non-hydrogen) atoms. The van der Waals surface area contributed by atoms with Crippen LogP contribution in [0.25, 0.3) is 0 Å². The number of fused-ring (bicyclic) bond motifs is 4. The first-order valence-corrected chi connectivity index (χ1v) is 12.0. The van der Waals surface area contributed by atoms with Gasteiger partial charge in [-0.05, 0) is 31.6 Å². The van der Waals surface area contributed by atoms with Crippen LogP contribution >= 0.6 is 0 Å². The minimum absolute atomic E-state index is 0.00670. The molecule has 2 amide bonds. The van der Waals surface area contributed by atoms with Gasteiger partial charge in [-0.3, -0.25) is 9.59 Å². The van der Waals surface area contributed by atoms with Gasteiger partial charge in [0.2, 0.25) is 17.5 Å². The van der Waals surface area contributed by atoms with Gasteiger partial charge < -0.3 is 20.8 Å². The van der Waals surface area contributed by atoms with Crippen LogP contribution in [0.4, 0.5) is 5.69 Å². The second kappa shape index (κ2) is 11.4. The van der Waals surface area contributed by atoms with Gasteiger partial charge in [0, 0.05) is 24.6 Å². The van der Waals surface area contributed by atoms with Crippen LogP contribution in [-0.4, -0.2) is 64.0 Å². The zero-order valence-electron chi connectivity index (χ0n) is 19.5. The minimum Gasteiger partial charge on any atom is -0.479 e. The van der Waals surface area contributed by atoms with E-state index < -0.39 is 29.9 Å². The van der Waals surface area contributed by atoms with Gasteiger partial charge in [0.15, 0.2) is 12.3 Å². The van der Waals surface area contributed by atoms with Gasteiger partial charge in [0.25, 0.3) is 0 Å². The average molecular weight is 459 g/mol. The van der Waals surface area contributed by atoms with Gasteiger partial charge in [-0.25, -0.2) is 9.37 Å². The maximum absolute atomic E-state index is 13.1. The second-order valence-corrected chi connectivity index (χ2v) is 9.53. The molecule has 2 aliphatic rings. The van der Waals surface area contributed by atoms with Crippen molar-refractivity contribution in [3.05, 3.63) is 29.8 Å². The summed E-state index contributed by atoms with van der Waals surface area (Å²) in [7, 11) is 0. The van der Waals surface area contributed by atoms with Crippen LogP contribution in [0.1, 0.15) is 63.9 Å². The summed E-state index contributed by atoms with van der Waals surface area (Å²) in [5.41, 5.74) is 2.25. The van der Waals surface area contributed by atoms with Crippen LogP contribution in [0.15, 0.2) is 24.3 Å². The summed E-state index contributed by atoms with van der Waals surface area (Å²) in [6.45, 7) is 5.17. The largest absolute Gasteiger partial charge is 0.479 e. The molecule has 2 aliphatic heterocycles. The van der Waals surface area contributed by atoms with E-state index in [1.807, 2.05) is 26.0 Å². The van der Waals surface area contributed by atoms with Crippen LogP contribution in [0.3, 0.4) is 0 Å². The molecule has 4 N–H and O–H groups in total. The van der Waals surface area contributed by atoms with E-state index in [9.17, 15) is 24.6 Å². The number of aliphatic hydroxyl groups excluding tert-OH is 1. The number of para-hydroxylation sites is 1. The Kier molecular flexibility index (Phi) is 8.61. The van der Waals surface area contributed by atoms with E-state index in [2.05, 4.69) is 33.6 Å². The van der Waals surface area contributed by atoms with E-state index in [1.54, 1.807) is 0 Å². The number of rotatable bonds is 6. The first kappa shape index (κ1) is 24.9. The standard InChI is InChI=1S/C25H35N3O5/c1-16(2)13-19(22(29)25(32)33)23(30)27-20-14-17-15-28(21-10-6-5-9-18(17)21)12-8-4-3-7-11-26-24(20)31/h5-6,9-10,15-17,19-20,22,29H,3-4,7-8,11-14H2,1-2H3,(H2-,26,27,30,31,32,33)/p+1/t17?,19-,20+,22?/m1/s1. The van der Waals surface area contributed by atoms with Crippen molar-refractivity contribution >= 4 is 29.7 Å². The molecule has 4 atom stereocenters. The third-order valence-corrected chi connectivity index (χ3v) is 6.45. The minimum atomic E-state index is -1.82. The first-order valence-electron chi connectivity index (χ1n) is 12.0. The fourth-order valence-corrected chi connectivity index (χ4v) is 4.74. The van der Waals surface area contributed by atoms with E-state index in [0.717, 1.165) is 43.5 Å². The number of benzene rings is 1. The lowest BCUT2D eigenvalue weighted by molar-refractivity contribution is -0.433. The molecule has 8 heteroatoms. The highest BCUT2D eigenvalue weighted by molar-refractivity contribution is 5.91. The van der Waals surface area contributed by atoms with Gasteiger partial charge in [-0.15, -0.1) is 0 Å². The molecule has 0 saturated heterocycles. The van der Waals surface area contributed by atoms with E-state index in [4.69, 9.17) is 0 Å². The summed E-state index contributed by atoms with van der Waals surface area (Å²) >= 11 is 0. The van der Waals surface area contributed by atoms with Gasteiger partial charge >= 0.3 is 5.97 Å². The summed E-state index contributed by atoms with van der Waals surface area (Å²) in [5.74, 6) is -3.50. The van der Waals surface area contributed by atoms with Crippen LogP contribution in [0.5, 0.6) is 0 Å². The fourth-order valence-electron chi connectivity index (χ4n) is 4.74. The molecule has 8 nitrogen and oxygen atoms in total. The third kappa shape index (κ3) is 6.41. The molecule has 0 aromatic heterocycles. The van der Waals surface area contributed by atoms with Crippen molar-refractivity contribution in [3.63, 3.8) is 0 Å². The van der Waals surface area contributed by atoms with Gasteiger partial charge in [0.1, 0.15) is 12.6 Å². The molecule has 0 spiro atoms. The molecule has 0 fully saturated rings. The molecule has 1 aromatic rings. The van der Waals surface area contributed by atoms with Crippen LogP contribution in [-0.2, 0) is 14.4 Å². The van der Waals surface area contributed by atoms with Crippen molar-refractivity contribution in [2.24, 2.45) is 11.8 Å². The Morgan fingerprint density at radius 2 is 1.91 bits per heavy atom. The van der Waals surface area contributed by atoms with Gasteiger partial charge in [0.05, 0.1) is 11.8 Å². The SMILES string of the molecule is CC(C)C[C@@H](C(=O)N[C@H]1CC2C=[N+](CCCCCCNC1=O)c1ccccc12)C(O)C(=O)O. The van der Waals surface area contributed by atoms with Crippen molar-refractivity contribution in [2.75, 3.05) is 13.1 Å². The molecule has 2 heterocycles. The summed E-state index contributed by atoms with van der Waals surface area (Å²) in [4.78, 5) is 37.5. The zero-order chi connectivity index (χ0) is 24.0. The van der Waals surface area contributed by atoms with E-state index in [-0.39, 0.29) is 24.2 Å². The molecule has 0 radical (unpaired) electrons. The topological polar surface area (TPSA) is 119 Å². The molecule has 0 saturated carbocycles. The normalized spacial score (nSPS) is 23.2. The maximum Gasteiger partial charge on any atom is 0.333 e. The number of carbonyl (C=O) groups is 3. The number of carbonyl (C=O) groups excluding carboxylic acids is 2. The number of aliphatic carboxylic acids is 1. The predicted octanol–water partition coefficient (Wildman–Crippen LogP) is 2.17. The van der Waals surface area contributed by atoms with Crippen molar-refractivity contribution in [2.45, 2.75) is 70.4 Å². The van der Waals surface area contributed by atoms with Crippen molar-refractivity contribution in [1.29, 1.82) is 0 Å². The number of carboxylic acid groups (broad SMARTS) is 1. The number of hydrogen-bond donors (Lipinski definition) is 4. The molecule has 0 aliphatic carbocycles. The Labute approximate surface area is 195 Å². The number of nitrogens with zero attached hydrogens (tertiary/aromatic N) is 1. The summed E-state index contributed by atoms with van der Waals surface area (Å²) in [6.07, 6.45) is 4.91. The van der Waals surface area contributed by atoms with E-state index in [1.165, 1.54) is 0 Å². The van der Waals surface area contributed by atoms with Crippen molar-refractivity contribution in [1.82, 2.24) is 10.6 Å². The van der Waals surface area contributed by atoms with Crippen LogP contribution in [0.2, 0.25) is 0 Å². The molecular weight excluding hydrogens is 422 g/mol. The third-order valence-electron chi connectivity index (χ3n) is 6.45. The molecule has 180 valence electrons. The van der Waals surface area contributed by atoms with E-state index in [0.29, 0.717) is 13.0 Å². The average Bonchev–Trinajstić information content (AvgIpc) is 3.13. The van der Waals surface area contributed by atoms with Crippen LogP contribution < -0.4 is 10.6 Å². The first-order chi connectivity index (χ1) is 15.8. The lowest BCUT2D eigenvalue weighted by Gasteiger charge is -2.25. The molecule has 3 rings (SSSR count). The summed E-state index contributed by atoms with van der Waals surface area (Å²) < 4.78 is 2.24. The highest BCUT2D eigenvalue weighted by Gasteiger charge is 2.38. The Balaban J connectivity index is 1.86. The zero-order valence-corrected chi connectivity index (χ0v) is 19.5. The number of hydrogen-bond acceptors (Lipinski definition) is 4. The van der Waals surface area contributed by atoms with Crippen molar-refractivity contribution < 1.29 is 29.2 Å². The lowest BCUT2D eigenvalue weighted by Crippen LogP contribution is -2.51. The van der Waals surface area contributed by atoms with Crippen molar-refractivity contribution in [3.8, 4) is 0 Å². The Hall–Kier alpha value is -2.74. The lowest BCUT2D eigenvalue weighted by atomic mass is 9.89. The number of nitrogens with one attached hydrogen (secondary N) is 2. The highest BCUT2D eigenvalue weighted by atomic mass is 16.4. The quantitative estimate of drug-likeness (QED) is 0.487. The maximum atomic E-state index is 13.1. The number of aliphatic hydroxyl groups is 1. The molecular formula is C25H36N3O5+. The Morgan fingerprint density at radius 1 is 1.18 bits per heavy atom. The fraction of sp³-hybridized carbons (Fsp3) is 0.600. The predicted molar refractivity (Wildman–Crippen MR) is 125 cm³/mol. The van der Waals surface area contributed by atoms with Gasteiger partial charge in [-0.2, -0.15) is 0 Å². The molecule has 1 aromatic carbocycles. The monoisotopic (exact) mass is 458 g/mol. The Bertz CT molecular complexity index is 898. The summed E-state index contributed by atoms with van der Waals surface area (Å²) in [5, 5.41) is 25.1. The smallest absolute Gasteiger partial charge is 0.333 e. The molecule has 2 bridgehead atoms. The highest BCUT2D eigenvalue weighted by Crippen LogP contribution is 2.34. The number of carboxylic acids is 1. The second-order valence-electron chi connectivity index (χ2n) is 9.53.